The molecule has 0 saturated carbocycles. The number of nitrogens with zero attached hydrogens (tertiary/aromatic N) is 1. The van der Waals surface area contributed by atoms with Gasteiger partial charge in [0.05, 0.1) is 12.1 Å². The van der Waals surface area contributed by atoms with Crippen LogP contribution in [0.25, 0.3) is 0 Å². The number of hydrogen-bond acceptors (Lipinski definition) is 2. The molecular formula is C20H25FN2O. The number of amides is 1. The Morgan fingerprint density at radius 1 is 1.12 bits per heavy atom. The summed E-state index contributed by atoms with van der Waals surface area (Å²) < 4.78 is 13.0. The van der Waals surface area contributed by atoms with Gasteiger partial charge in [0.2, 0.25) is 5.91 Å². The predicted molar refractivity (Wildman–Crippen MR) is 95.1 cm³/mol. The molecule has 0 heterocycles. The number of rotatable bonds is 6. The molecule has 2 unspecified atom stereocenters. The maximum Gasteiger partial charge on any atom is 0.237 e. The van der Waals surface area contributed by atoms with Crippen molar-refractivity contribution < 1.29 is 9.18 Å². The maximum atomic E-state index is 13.0. The summed E-state index contributed by atoms with van der Waals surface area (Å²) >= 11 is 0. The number of carbonyl (C=O) groups is 1. The Morgan fingerprint density at radius 3 is 2.38 bits per heavy atom. The Morgan fingerprint density at radius 2 is 1.75 bits per heavy atom. The molecule has 128 valence electrons. The van der Waals surface area contributed by atoms with E-state index in [-0.39, 0.29) is 23.8 Å². The van der Waals surface area contributed by atoms with Gasteiger partial charge in [0, 0.05) is 6.54 Å². The Balaban J connectivity index is 1.95. The van der Waals surface area contributed by atoms with Crippen LogP contribution in [-0.4, -0.2) is 23.9 Å². The highest BCUT2D eigenvalue weighted by atomic mass is 19.1. The third-order valence-electron chi connectivity index (χ3n) is 4.45. The lowest BCUT2D eigenvalue weighted by Gasteiger charge is -2.26. The number of likely N-dealkylation sites (N-methyl/N-ethyl adjacent to an activating group) is 1. The predicted octanol–water partition coefficient (Wildman–Crippen LogP) is 3.83. The van der Waals surface area contributed by atoms with Crippen LogP contribution in [0.3, 0.4) is 0 Å². The van der Waals surface area contributed by atoms with E-state index < -0.39 is 0 Å². The highest BCUT2D eigenvalue weighted by molar-refractivity contribution is 5.81. The Labute approximate surface area is 143 Å². The summed E-state index contributed by atoms with van der Waals surface area (Å²) in [6, 6.07) is 14.0. The summed E-state index contributed by atoms with van der Waals surface area (Å²) in [7, 11) is 1.94. The first-order valence-corrected chi connectivity index (χ1v) is 8.19. The number of carbonyl (C=O) groups excluding carboxylic acids is 1. The molecule has 2 atom stereocenters. The molecule has 2 rings (SSSR count). The fraction of sp³-hybridized carbons (Fsp3) is 0.350. The summed E-state index contributed by atoms with van der Waals surface area (Å²) in [5.74, 6) is -0.313. The average molecular weight is 328 g/mol. The van der Waals surface area contributed by atoms with Crippen molar-refractivity contribution in [1.82, 2.24) is 10.2 Å². The molecule has 0 fully saturated rings. The molecule has 0 spiro atoms. The van der Waals surface area contributed by atoms with Crippen LogP contribution < -0.4 is 5.32 Å². The second-order valence-corrected chi connectivity index (χ2v) is 6.30. The zero-order valence-electron chi connectivity index (χ0n) is 14.7. The first-order valence-electron chi connectivity index (χ1n) is 8.19. The fourth-order valence-corrected chi connectivity index (χ4v) is 2.56. The van der Waals surface area contributed by atoms with Crippen molar-refractivity contribution in [2.75, 3.05) is 7.05 Å². The fourth-order valence-electron chi connectivity index (χ4n) is 2.56. The Bertz CT molecular complexity index is 684. The van der Waals surface area contributed by atoms with Crippen LogP contribution in [0, 0.1) is 12.7 Å². The number of nitrogens with one attached hydrogen (secondary N) is 1. The van der Waals surface area contributed by atoms with Gasteiger partial charge in [-0.3, -0.25) is 9.69 Å². The van der Waals surface area contributed by atoms with Crippen molar-refractivity contribution in [3.63, 3.8) is 0 Å². The molecule has 4 heteroatoms. The van der Waals surface area contributed by atoms with E-state index in [1.54, 1.807) is 12.1 Å². The van der Waals surface area contributed by atoms with Gasteiger partial charge in [0.15, 0.2) is 0 Å². The van der Waals surface area contributed by atoms with Crippen LogP contribution in [0.1, 0.15) is 36.6 Å². The first-order chi connectivity index (χ1) is 11.4. The third-order valence-corrected chi connectivity index (χ3v) is 4.45. The van der Waals surface area contributed by atoms with E-state index in [9.17, 15) is 9.18 Å². The minimum atomic E-state index is -0.274. The molecule has 0 bridgehead atoms. The molecule has 3 nitrogen and oxygen atoms in total. The van der Waals surface area contributed by atoms with E-state index in [1.165, 1.54) is 23.3 Å². The number of halogens is 1. The van der Waals surface area contributed by atoms with Gasteiger partial charge in [-0.1, -0.05) is 36.4 Å². The molecule has 1 N–H and O–H groups in total. The number of hydrogen-bond donors (Lipinski definition) is 1. The monoisotopic (exact) mass is 328 g/mol. The quantitative estimate of drug-likeness (QED) is 0.874. The van der Waals surface area contributed by atoms with Crippen molar-refractivity contribution in [2.24, 2.45) is 0 Å². The molecule has 0 aliphatic carbocycles. The smallest absolute Gasteiger partial charge is 0.237 e. The van der Waals surface area contributed by atoms with Crippen molar-refractivity contribution in [3.8, 4) is 0 Å². The first kappa shape index (κ1) is 18.1. The molecule has 0 aliphatic heterocycles. The summed E-state index contributed by atoms with van der Waals surface area (Å²) in [6.45, 7) is 6.58. The highest BCUT2D eigenvalue weighted by Gasteiger charge is 2.20. The van der Waals surface area contributed by atoms with Crippen molar-refractivity contribution >= 4 is 5.91 Å². The lowest BCUT2D eigenvalue weighted by atomic mass is 10.1. The van der Waals surface area contributed by atoms with E-state index in [0.717, 1.165) is 5.56 Å². The molecule has 0 aromatic heterocycles. The van der Waals surface area contributed by atoms with E-state index in [2.05, 4.69) is 24.4 Å². The summed E-state index contributed by atoms with van der Waals surface area (Å²) in [5.41, 5.74) is 3.32. The molecule has 24 heavy (non-hydrogen) atoms. The van der Waals surface area contributed by atoms with E-state index >= 15 is 0 Å². The Kier molecular flexibility index (Phi) is 6.10. The maximum absolute atomic E-state index is 13.0. The van der Waals surface area contributed by atoms with Gasteiger partial charge in [-0.2, -0.15) is 0 Å². The van der Waals surface area contributed by atoms with Crippen LogP contribution in [0.5, 0.6) is 0 Å². The standard InChI is InChI=1S/C20H25FN2O/c1-14-7-5-6-8-18(14)13-23(4)16(3)20(24)22-15(2)17-9-11-19(21)12-10-17/h5-12,15-16H,13H2,1-4H3,(H,22,24). The topological polar surface area (TPSA) is 32.3 Å². The lowest BCUT2D eigenvalue weighted by Crippen LogP contribution is -2.43. The molecule has 2 aromatic rings. The van der Waals surface area contributed by atoms with Crippen LogP contribution in [0.15, 0.2) is 48.5 Å². The zero-order valence-corrected chi connectivity index (χ0v) is 14.7. The molecule has 0 saturated heterocycles. The van der Waals surface area contributed by atoms with Crippen LogP contribution in [0.2, 0.25) is 0 Å². The Hall–Kier alpha value is -2.20. The SMILES string of the molecule is Cc1ccccc1CN(C)C(C)C(=O)NC(C)c1ccc(F)cc1. The molecule has 0 radical (unpaired) electrons. The van der Waals surface area contributed by atoms with Gasteiger partial charge >= 0.3 is 0 Å². The van der Waals surface area contributed by atoms with Gasteiger partial charge in [0.25, 0.3) is 0 Å². The van der Waals surface area contributed by atoms with Crippen molar-refractivity contribution in [2.45, 2.75) is 39.4 Å². The number of benzene rings is 2. The van der Waals surface area contributed by atoms with Gasteiger partial charge < -0.3 is 5.32 Å². The zero-order chi connectivity index (χ0) is 17.7. The minimum Gasteiger partial charge on any atom is -0.348 e. The van der Waals surface area contributed by atoms with E-state index in [1.807, 2.05) is 37.9 Å². The van der Waals surface area contributed by atoms with Gasteiger partial charge in [-0.25, -0.2) is 4.39 Å². The normalized spacial score (nSPS) is 13.6. The van der Waals surface area contributed by atoms with Gasteiger partial charge in [0.1, 0.15) is 5.82 Å². The summed E-state index contributed by atoms with van der Waals surface area (Å²) in [4.78, 5) is 14.5. The second kappa shape index (κ2) is 8.06. The molecule has 0 aliphatic rings. The van der Waals surface area contributed by atoms with Crippen molar-refractivity contribution in [3.05, 3.63) is 71.0 Å². The average Bonchev–Trinajstić information content (AvgIpc) is 2.56. The third kappa shape index (κ3) is 4.65. The highest BCUT2D eigenvalue weighted by Crippen LogP contribution is 2.15. The molecule has 2 aromatic carbocycles. The van der Waals surface area contributed by atoms with E-state index in [0.29, 0.717) is 6.54 Å². The van der Waals surface area contributed by atoms with Crippen LogP contribution in [-0.2, 0) is 11.3 Å². The second-order valence-electron chi connectivity index (χ2n) is 6.30. The van der Waals surface area contributed by atoms with Crippen molar-refractivity contribution in [1.29, 1.82) is 0 Å². The molecule has 1 amide bonds. The number of aryl methyl sites for hydroxylation is 1. The minimum absolute atomic E-state index is 0.0390. The molecular weight excluding hydrogens is 303 g/mol. The van der Waals surface area contributed by atoms with Gasteiger partial charge in [-0.05, 0) is 56.6 Å². The summed E-state index contributed by atoms with van der Waals surface area (Å²) in [5, 5.41) is 2.99. The van der Waals surface area contributed by atoms with Gasteiger partial charge in [-0.15, -0.1) is 0 Å². The van der Waals surface area contributed by atoms with E-state index in [4.69, 9.17) is 0 Å². The van der Waals surface area contributed by atoms with Crippen LogP contribution >= 0.6 is 0 Å². The largest absolute Gasteiger partial charge is 0.348 e. The van der Waals surface area contributed by atoms with Crippen LogP contribution in [0.4, 0.5) is 4.39 Å². The summed E-state index contributed by atoms with van der Waals surface area (Å²) in [6.07, 6.45) is 0. The lowest BCUT2D eigenvalue weighted by molar-refractivity contribution is -0.126.